The van der Waals surface area contributed by atoms with Gasteiger partial charge in [0.25, 0.3) is 0 Å². The predicted octanol–water partition coefficient (Wildman–Crippen LogP) is 1.75. The number of aryl methyl sites for hydroxylation is 1. The van der Waals surface area contributed by atoms with Gasteiger partial charge in [0, 0.05) is 25.7 Å². The van der Waals surface area contributed by atoms with Gasteiger partial charge in [0.1, 0.15) is 5.82 Å². The minimum atomic E-state index is -0.868. The lowest BCUT2D eigenvalue weighted by Crippen LogP contribution is -2.57. The molecular weight excluding hydrogens is 270 g/mol. The summed E-state index contributed by atoms with van der Waals surface area (Å²) >= 11 is 0. The molecule has 0 radical (unpaired) electrons. The molecule has 1 aliphatic heterocycles. The van der Waals surface area contributed by atoms with Crippen LogP contribution in [0.4, 0.5) is 16.3 Å². The number of hydrogen-bond acceptors (Lipinski definition) is 4. The van der Waals surface area contributed by atoms with E-state index in [4.69, 9.17) is 5.73 Å². The van der Waals surface area contributed by atoms with E-state index in [1.165, 1.54) is 0 Å². The Kier molecular flexibility index (Phi) is 4.02. The molecule has 0 aromatic carbocycles. The van der Waals surface area contributed by atoms with Crippen molar-refractivity contribution in [2.45, 2.75) is 45.2 Å². The van der Waals surface area contributed by atoms with Crippen LogP contribution in [0.2, 0.25) is 0 Å². The van der Waals surface area contributed by atoms with Gasteiger partial charge in [-0.3, -0.25) is 9.58 Å². The molecule has 0 aliphatic carbocycles. The van der Waals surface area contributed by atoms with Gasteiger partial charge in [0.05, 0.1) is 17.9 Å². The second kappa shape index (κ2) is 5.46. The summed E-state index contributed by atoms with van der Waals surface area (Å²) in [5.74, 6) is 0.874. The number of carboxylic acid groups (broad SMARTS) is 1. The topological polar surface area (TPSA) is 87.6 Å². The Balaban J connectivity index is 2.23. The standard InChI is InChI=1S/C14H25N5O2/c1-14(2,3)19(13(20)21)10-6-5-7-18(9-10)12-11(15)8-16-17(12)4/h8,10H,5-7,9,15H2,1-4H3,(H,20,21)/t10-/m0/s1. The molecule has 1 aromatic heterocycles. The molecule has 118 valence electrons. The maximum absolute atomic E-state index is 11.6. The average Bonchev–Trinajstić information content (AvgIpc) is 2.67. The van der Waals surface area contributed by atoms with E-state index in [0.717, 1.165) is 25.2 Å². The van der Waals surface area contributed by atoms with Crippen LogP contribution in [-0.2, 0) is 7.05 Å². The Bertz CT molecular complexity index is 500. The second-order valence-corrected chi connectivity index (χ2v) is 6.61. The molecular formula is C14H25N5O2. The molecule has 0 bridgehead atoms. The van der Waals surface area contributed by atoms with Crippen LogP contribution in [0.3, 0.4) is 0 Å². The van der Waals surface area contributed by atoms with Gasteiger partial charge in [-0.05, 0) is 33.6 Å². The molecule has 1 aromatic rings. The van der Waals surface area contributed by atoms with Gasteiger partial charge in [-0.2, -0.15) is 5.10 Å². The molecule has 1 fully saturated rings. The van der Waals surface area contributed by atoms with E-state index in [1.807, 2.05) is 27.8 Å². The Labute approximate surface area is 125 Å². The lowest BCUT2D eigenvalue weighted by molar-refractivity contribution is 0.0647. The van der Waals surface area contributed by atoms with Gasteiger partial charge in [0.15, 0.2) is 0 Å². The fourth-order valence-electron chi connectivity index (χ4n) is 3.18. The lowest BCUT2D eigenvalue weighted by atomic mass is 9.97. The quantitative estimate of drug-likeness (QED) is 0.868. The third-order valence-electron chi connectivity index (χ3n) is 3.92. The van der Waals surface area contributed by atoms with Gasteiger partial charge in [0.2, 0.25) is 0 Å². The average molecular weight is 295 g/mol. The second-order valence-electron chi connectivity index (χ2n) is 6.61. The van der Waals surface area contributed by atoms with Crippen molar-refractivity contribution in [3.8, 4) is 0 Å². The van der Waals surface area contributed by atoms with Crippen molar-refractivity contribution in [1.82, 2.24) is 14.7 Å². The molecule has 1 atom stereocenters. The Morgan fingerprint density at radius 3 is 2.67 bits per heavy atom. The fraction of sp³-hybridized carbons (Fsp3) is 0.714. The minimum absolute atomic E-state index is 0.0365. The molecule has 2 rings (SSSR count). The van der Waals surface area contributed by atoms with Gasteiger partial charge < -0.3 is 15.7 Å². The van der Waals surface area contributed by atoms with Crippen LogP contribution in [0.15, 0.2) is 6.20 Å². The van der Waals surface area contributed by atoms with E-state index in [2.05, 4.69) is 10.00 Å². The zero-order valence-electron chi connectivity index (χ0n) is 13.2. The van der Waals surface area contributed by atoms with Gasteiger partial charge in [-0.1, -0.05) is 0 Å². The molecule has 0 spiro atoms. The molecule has 2 heterocycles. The zero-order valence-corrected chi connectivity index (χ0v) is 13.2. The molecule has 0 saturated carbocycles. The smallest absolute Gasteiger partial charge is 0.408 e. The van der Waals surface area contributed by atoms with Gasteiger partial charge >= 0.3 is 6.09 Å². The number of piperidine rings is 1. The predicted molar refractivity (Wildman–Crippen MR) is 82.5 cm³/mol. The summed E-state index contributed by atoms with van der Waals surface area (Å²) in [7, 11) is 1.86. The highest BCUT2D eigenvalue weighted by Crippen LogP contribution is 2.29. The number of amides is 1. The van der Waals surface area contributed by atoms with Crippen LogP contribution < -0.4 is 10.6 Å². The van der Waals surface area contributed by atoms with Crippen molar-refractivity contribution in [3.05, 3.63) is 6.20 Å². The normalized spacial score (nSPS) is 19.6. The number of rotatable bonds is 2. The Morgan fingerprint density at radius 2 is 2.19 bits per heavy atom. The number of nitrogens with two attached hydrogens (primary N) is 1. The largest absolute Gasteiger partial charge is 0.465 e. The first-order chi connectivity index (χ1) is 9.71. The third kappa shape index (κ3) is 3.06. The highest BCUT2D eigenvalue weighted by molar-refractivity contribution is 5.67. The van der Waals surface area contributed by atoms with E-state index in [1.54, 1.807) is 15.8 Å². The van der Waals surface area contributed by atoms with Crippen molar-refractivity contribution in [3.63, 3.8) is 0 Å². The molecule has 0 unspecified atom stereocenters. The van der Waals surface area contributed by atoms with Gasteiger partial charge in [-0.25, -0.2) is 4.79 Å². The monoisotopic (exact) mass is 295 g/mol. The van der Waals surface area contributed by atoms with E-state index in [9.17, 15) is 9.90 Å². The summed E-state index contributed by atoms with van der Waals surface area (Å²) in [6, 6.07) is -0.0365. The molecule has 3 N–H and O–H groups in total. The Hall–Kier alpha value is -1.92. The van der Waals surface area contributed by atoms with E-state index in [0.29, 0.717) is 12.2 Å². The summed E-state index contributed by atoms with van der Waals surface area (Å²) in [5, 5.41) is 13.7. The first kappa shape index (κ1) is 15.5. The molecule has 7 heteroatoms. The fourth-order valence-corrected chi connectivity index (χ4v) is 3.18. The molecule has 1 aliphatic rings. The number of hydrogen-bond donors (Lipinski definition) is 2. The minimum Gasteiger partial charge on any atom is -0.465 e. The number of nitrogen functional groups attached to an aromatic ring is 1. The zero-order chi connectivity index (χ0) is 15.8. The van der Waals surface area contributed by atoms with Crippen LogP contribution >= 0.6 is 0 Å². The number of anilines is 2. The van der Waals surface area contributed by atoms with Crippen molar-refractivity contribution < 1.29 is 9.90 Å². The van der Waals surface area contributed by atoms with Crippen molar-refractivity contribution >= 4 is 17.6 Å². The van der Waals surface area contributed by atoms with E-state index >= 15 is 0 Å². The van der Waals surface area contributed by atoms with Crippen molar-refractivity contribution in [1.29, 1.82) is 0 Å². The lowest BCUT2D eigenvalue weighted by Gasteiger charge is -2.44. The first-order valence-electron chi connectivity index (χ1n) is 7.26. The van der Waals surface area contributed by atoms with Crippen molar-refractivity contribution in [2.75, 3.05) is 23.7 Å². The van der Waals surface area contributed by atoms with Crippen LogP contribution in [0.1, 0.15) is 33.6 Å². The van der Waals surface area contributed by atoms with Gasteiger partial charge in [-0.15, -0.1) is 0 Å². The number of carbonyl (C=O) groups is 1. The summed E-state index contributed by atoms with van der Waals surface area (Å²) in [6.07, 6.45) is 2.58. The molecule has 21 heavy (non-hydrogen) atoms. The van der Waals surface area contributed by atoms with Crippen molar-refractivity contribution in [2.24, 2.45) is 7.05 Å². The van der Waals surface area contributed by atoms with Crippen LogP contribution in [0, 0.1) is 0 Å². The highest BCUT2D eigenvalue weighted by atomic mass is 16.4. The summed E-state index contributed by atoms with van der Waals surface area (Å²) in [6.45, 7) is 7.31. The maximum atomic E-state index is 11.6. The Morgan fingerprint density at radius 1 is 1.52 bits per heavy atom. The third-order valence-corrected chi connectivity index (χ3v) is 3.92. The van der Waals surface area contributed by atoms with E-state index < -0.39 is 11.6 Å². The van der Waals surface area contributed by atoms with Crippen LogP contribution in [0.25, 0.3) is 0 Å². The highest BCUT2D eigenvalue weighted by Gasteiger charge is 2.36. The number of nitrogens with zero attached hydrogens (tertiary/aromatic N) is 4. The molecule has 7 nitrogen and oxygen atoms in total. The van der Waals surface area contributed by atoms with Crippen LogP contribution in [0.5, 0.6) is 0 Å². The summed E-state index contributed by atoms with van der Waals surface area (Å²) in [5.41, 5.74) is 6.20. The summed E-state index contributed by atoms with van der Waals surface area (Å²) in [4.78, 5) is 15.3. The molecule has 1 amide bonds. The number of aromatic nitrogens is 2. The maximum Gasteiger partial charge on any atom is 0.408 e. The SMILES string of the molecule is Cn1ncc(N)c1N1CCC[C@H](N(C(=O)O)C(C)(C)C)C1. The van der Waals surface area contributed by atoms with Crippen LogP contribution in [-0.4, -0.2) is 50.6 Å². The summed E-state index contributed by atoms with van der Waals surface area (Å²) < 4.78 is 1.75. The van der Waals surface area contributed by atoms with E-state index in [-0.39, 0.29) is 6.04 Å². The molecule has 1 saturated heterocycles. The first-order valence-corrected chi connectivity index (χ1v) is 7.26.